The molecule has 0 aliphatic carbocycles. The zero-order chi connectivity index (χ0) is 33.8. The predicted molar refractivity (Wildman–Crippen MR) is 194 cm³/mol. The van der Waals surface area contributed by atoms with Crippen molar-refractivity contribution in [3.8, 4) is 57.8 Å². The molecule has 9 aromatic rings. The molecule has 0 saturated heterocycles. The van der Waals surface area contributed by atoms with Gasteiger partial charge in [-0.2, -0.15) is 15.8 Å². The molecule has 3 aromatic heterocycles. The molecule has 7 nitrogen and oxygen atoms in total. The molecule has 230 valence electrons. The maximum atomic E-state index is 10.7. The minimum atomic E-state index is 0.251. The van der Waals surface area contributed by atoms with E-state index in [4.69, 9.17) is 14.4 Å². The van der Waals surface area contributed by atoms with Crippen LogP contribution in [0.4, 0.5) is 0 Å². The molecule has 0 N–H and O–H groups in total. The lowest BCUT2D eigenvalue weighted by Gasteiger charge is -2.16. The van der Waals surface area contributed by atoms with E-state index in [1.807, 2.05) is 120 Å². The van der Waals surface area contributed by atoms with Gasteiger partial charge in [-0.1, -0.05) is 97.1 Å². The Balaban J connectivity index is 1.34. The zero-order valence-corrected chi connectivity index (χ0v) is 26.3. The van der Waals surface area contributed by atoms with Crippen LogP contribution in [0.1, 0.15) is 16.7 Å². The van der Waals surface area contributed by atoms with E-state index in [0.717, 1.165) is 49.3 Å². The molecule has 0 aliphatic rings. The largest absolute Gasteiger partial charge is 0.456 e. The molecule has 0 saturated carbocycles. The van der Waals surface area contributed by atoms with Crippen LogP contribution in [0.2, 0.25) is 0 Å². The smallest absolute Gasteiger partial charge is 0.160 e. The average Bonchev–Trinajstić information content (AvgIpc) is 3.71. The first-order chi connectivity index (χ1) is 24.7. The van der Waals surface area contributed by atoms with E-state index < -0.39 is 0 Å². The summed E-state index contributed by atoms with van der Waals surface area (Å²) in [5, 5.41) is 35.9. The highest BCUT2D eigenvalue weighted by Crippen LogP contribution is 2.41. The van der Waals surface area contributed by atoms with Crippen molar-refractivity contribution in [2.24, 2.45) is 0 Å². The summed E-state index contributed by atoms with van der Waals surface area (Å²) < 4.78 is 8.24. The van der Waals surface area contributed by atoms with Gasteiger partial charge in [-0.05, 0) is 30.3 Å². The Labute approximate surface area is 285 Å². The lowest BCUT2D eigenvalue weighted by molar-refractivity contribution is 0.669. The van der Waals surface area contributed by atoms with Crippen LogP contribution in [0, 0.1) is 34.0 Å². The van der Waals surface area contributed by atoms with Crippen molar-refractivity contribution in [3.05, 3.63) is 150 Å². The van der Waals surface area contributed by atoms with E-state index in [2.05, 4.69) is 24.3 Å². The van der Waals surface area contributed by atoms with Gasteiger partial charge in [0.25, 0.3) is 0 Å². The van der Waals surface area contributed by atoms with Crippen molar-refractivity contribution in [1.29, 1.82) is 15.8 Å². The number of nitriles is 3. The van der Waals surface area contributed by atoms with Gasteiger partial charge < -0.3 is 8.98 Å². The molecule has 0 spiro atoms. The number of para-hydroxylation sites is 2. The summed E-state index contributed by atoms with van der Waals surface area (Å²) in [6, 6.07) is 49.5. The number of furan rings is 1. The summed E-state index contributed by atoms with van der Waals surface area (Å²) in [6.45, 7) is 0. The van der Waals surface area contributed by atoms with E-state index in [-0.39, 0.29) is 16.7 Å². The van der Waals surface area contributed by atoms with Crippen molar-refractivity contribution in [1.82, 2.24) is 14.5 Å². The second-order valence-electron chi connectivity index (χ2n) is 11.9. The van der Waals surface area contributed by atoms with Gasteiger partial charge in [0.1, 0.15) is 34.9 Å². The Bertz CT molecular complexity index is 2920. The fourth-order valence-electron chi connectivity index (χ4n) is 6.91. The molecule has 50 heavy (non-hydrogen) atoms. The van der Waals surface area contributed by atoms with E-state index in [0.29, 0.717) is 34.0 Å². The first-order valence-electron chi connectivity index (χ1n) is 15.9. The molecule has 9 rings (SSSR count). The van der Waals surface area contributed by atoms with Gasteiger partial charge in [-0.15, -0.1) is 0 Å². The van der Waals surface area contributed by atoms with Crippen LogP contribution in [-0.2, 0) is 0 Å². The van der Waals surface area contributed by atoms with Crippen LogP contribution in [0.15, 0.2) is 138 Å². The van der Waals surface area contributed by atoms with Crippen LogP contribution in [0.5, 0.6) is 0 Å². The van der Waals surface area contributed by atoms with E-state index in [1.165, 1.54) is 0 Å². The molecule has 0 fully saturated rings. The Morgan fingerprint density at radius 2 is 1.08 bits per heavy atom. The van der Waals surface area contributed by atoms with Crippen LogP contribution in [0.25, 0.3) is 83.3 Å². The molecule has 0 radical (unpaired) electrons. The number of hydrogen-bond donors (Lipinski definition) is 0. The van der Waals surface area contributed by atoms with Crippen molar-refractivity contribution in [3.63, 3.8) is 0 Å². The molecule has 0 aliphatic heterocycles. The third-order valence-corrected chi connectivity index (χ3v) is 9.12. The summed E-state index contributed by atoms with van der Waals surface area (Å²) in [5.41, 5.74) is 7.16. The van der Waals surface area contributed by atoms with Crippen LogP contribution in [0.3, 0.4) is 0 Å². The van der Waals surface area contributed by atoms with E-state index in [9.17, 15) is 15.8 Å². The summed E-state index contributed by atoms with van der Waals surface area (Å²) in [7, 11) is 0. The Morgan fingerprint density at radius 3 is 1.76 bits per heavy atom. The quantitative estimate of drug-likeness (QED) is 0.189. The predicted octanol–water partition coefficient (Wildman–Crippen LogP) is 10.1. The van der Waals surface area contributed by atoms with E-state index in [1.54, 1.807) is 12.1 Å². The normalized spacial score (nSPS) is 11.1. The van der Waals surface area contributed by atoms with Crippen molar-refractivity contribution in [2.75, 3.05) is 0 Å². The van der Waals surface area contributed by atoms with Gasteiger partial charge >= 0.3 is 0 Å². The second kappa shape index (κ2) is 11.3. The Kier molecular flexibility index (Phi) is 6.49. The molecular weight excluding hydrogens is 617 g/mol. The maximum Gasteiger partial charge on any atom is 0.160 e. The summed E-state index contributed by atoms with van der Waals surface area (Å²) in [6.07, 6.45) is 0. The maximum absolute atomic E-state index is 10.7. The van der Waals surface area contributed by atoms with Gasteiger partial charge in [0.15, 0.2) is 5.82 Å². The second-order valence-corrected chi connectivity index (χ2v) is 11.9. The Morgan fingerprint density at radius 1 is 0.480 bits per heavy atom. The van der Waals surface area contributed by atoms with Gasteiger partial charge in [-0.3, -0.25) is 0 Å². The van der Waals surface area contributed by atoms with Crippen molar-refractivity contribution < 1.29 is 4.42 Å². The molecule has 3 heterocycles. The minimum absolute atomic E-state index is 0.251. The fourth-order valence-corrected chi connectivity index (χ4v) is 6.91. The SMILES string of the molecule is N#Cc1cc(-c2nc(-c3ccccc3)nc(-c3ccccc3)c2C#N)cc(C#N)c1-n1c2ccccc2c2cc3c(cc21)oc1ccccc13. The number of rotatable bonds is 4. The molecule has 0 atom stereocenters. The number of aromatic nitrogens is 3. The molecular formula is C43H22N6O. The fraction of sp³-hybridized carbons (Fsp3) is 0. The summed E-state index contributed by atoms with van der Waals surface area (Å²) in [4.78, 5) is 9.74. The van der Waals surface area contributed by atoms with Gasteiger partial charge in [0.2, 0.25) is 0 Å². The van der Waals surface area contributed by atoms with Crippen LogP contribution >= 0.6 is 0 Å². The molecule has 7 heteroatoms. The Hall–Kier alpha value is -7.53. The number of nitrogens with zero attached hydrogens (tertiary/aromatic N) is 6. The summed E-state index contributed by atoms with van der Waals surface area (Å²) in [5.74, 6) is 0.428. The first-order valence-corrected chi connectivity index (χ1v) is 15.9. The number of benzene rings is 6. The first kappa shape index (κ1) is 28.7. The zero-order valence-electron chi connectivity index (χ0n) is 26.3. The molecule has 0 unspecified atom stereocenters. The monoisotopic (exact) mass is 638 g/mol. The number of hydrogen-bond acceptors (Lipinski definition) is 6. The van der Waals surface area contributed by atoms with Crippen molar-refractivity contribution in [2.45, 2.75) is 0 Å². The minimum Gasteiger partial charge on any atom is -0.456 e. The van der Waals surface area contributed by atoms with Gasteiger partial charge in [0, 0.05) is 44.3 Å². The lowest BCUT2D eigenvalue weighted by Crippen LogP contribution is -2.05. The highest BCUT2D eigenvalue weighted by atomic mass is 16.3. The van der Waals surface area contributed by atoms with E-state index >= 15 is 0 Å². The topological polar surface area (TPSA) is 115 Å². The summed E-state index contributed by atoms with van der Waals surface area (Å²) >= 11 is 0. The van der Waals surface area contributed by atoms with Gasteiger partial charge in [0.05, 0.1) is 39.2 Å². The highest BCUT2D eigenvalue weighted by molar-refractivity contribution is 6.17. The van der Waals surface area contributed by atoms with Gasteiger partial charge in [-0.25, -0.2) is 9.97 Å². The molecule has 6 aromatic carbocycles. The average molecular weight is 639 g/mol. The molecule has 0 bridgehead atoms. The standard InChI is InChI=1S/C43H22N6O/c44-23-29-19-28(41-35(25-46)40(26-11-3-1-4-12-26)47-43(48-41)27-13-5-2-6-14-27)20-30(24-45)42(29)49-36-17-9-7-15-31(36)33-21-34-32-16-8-10-18-38(32)50-39(34)22-37(33)49/h1-22H. The third kappa shape index (κ3) is 4.34. The van der Waals surface area contributed by atoms with Crippen LogP contribution < -0.4 is 0 Å². The highest BCUT2D eigenvalue weighted by Gasteiger charge is 2.24. The lowest BCUT2D eigenvalue weighted by atomic mass is 9.96. The number of fused-ring (bicyclic) bond motifs is 6. The molecule has 0 amide bonds. The van der Waals surface area contributed by atoms with Crippen LogP contribution in [-0.4, -0.2) is 14.5 Å². The van der Waals surface area contributed by atoms with Crippen molar-refractivity contribution >= 4 is 43.7 Å². The third-order valence-electron chi connectivity index (χ3n) is 9.12.